The van der Waals surface area contributed by atoms with Gasteiger partial charge in [0.05, 0.1) is 6.04 Å². The Bertz CT molecular complexity index is 389. The number of carbonyl (C=O) groups excluding carboxylic acids is 1. The first-order valence-electron chi connectivity index (χ1n) is 6.01. The number of hydrogen-bond donors (Lipinski definition) is 2. The summed E-state index contributed by atoms with van der Waals surface area (Å²) in [7, 11) is 0. The minimum absolute atomic E-state index is 0.00830. The molecule has 92 valence electrons. The van der Waals surface area contributed by atoms with E-state index < -0.39 is 0 Å². The standard InChI is InChI=1S/C13H17FN2O/c14-11-5-3-4-10(8-11)9-16-13(17)12-6-1-2-7-15-12/h3-5,8,12,15H,1-2,6-7,9H2,(H,16,17)/t12-/m1/s1. The summed E-state index contributed by atoms with van der Waals surface area (Å²) in [6.07, 6.45) is 3.10. The lowest BCUT2D eigenvalue weighted by atomic mass is 10.0. The summed E-state index contributed by atoms with van der Waals surface area (Å²) < 4.78 is 12.9. The molecule has 0 radical (unpaired) electrons. The second-order valence-corrected chi connectivity index (χ2v) is 4.35. The Balaban J connectivity index is 1.83. The molecule has 4 heteroatoms. The van der Waals surface area contributed by atoms with E-state index in [2.05, 4.69) is 10.6 Å². The van der Waals surface area contributed by atoms with Crippen LogP contribution in [0.4, 0.5) is 4.39 Å². The van der Waals surface area contributed by atoms with Gasteiger partial charge in [-0.15, -0.1) is 0 Å². The number of benzene rings is 1. The molecular weight excluding hydrogens is 219 g/mol. The average Bonchev–Trinajstić information content (AvgIpc) is 2.37. The Morgan fingerprint density at radius 1 is 1.47 bits per heavy atom. The molecule has 0 bridgehead atoms. The second kappa shape index (κ2) is 5.77. The molecule has 2 rings (SSSR count). The highest BCUT2D eigenvalue weighted by molar-refractivity contribution is 5.81. The molecule has 1 amide bonds. The first-order valence-corrected chi connectivity index (χ1v) is 6.01. The van der Waals surface area contributed by atoms with Crippen molar-refractivity contribution < 1.29 is 9.18 Å². The van der Waals surface area contributed by atoms with E-state index in [1.165, 1.54) is 12.1 Å². The second-order valence-electron chi connectivity index (χ2n) is 4.35. The summed E-state index contributed by atoms with van der Waals surface area (Å²) in [5, 5.41) is 6.01. The molecule has 0 aromatic heterocycles. The van der Waals surface area contributed by atoms with Gasteiger partial charge in [0.1, 0.15) is 5.82 Å². The summed E-state index contributed by atoms with van der Waals surface area (Å²) in [6, 6.07) is 6.20. The number of amides is 1. The highest BCUT2D eigenvalue weighted by atomic mass is 19.1. The van der Waals surface area contributed by atoms with Gasteiger partial charge >= 0.3 is 0 Å². The molecule has 1 fully saturated rings. The van der Waals surface area contributed by atoms with Gasteiger partial charge < -0.3 is 10.6 Å². The van der Waals surface area contributed by atoms with Gasteiger partial charge in [0.15, 0.2) is 0 Å². The summed E-state index contributed by atoms with van der Waals surface area (Å²) in [5.74, 6) is -0.262. The Kier molecular flexibility index (Phi) is 4.09. The van der Waals surface area contributed by atoms with E-state index >= 15 is 0 Å². The van der Waals surface area contributed by atoms with E-state index in [4.69, 9.17) is 0 Å². The molecular formula is C13H17FN2O. The zero-order valence-corrected chi connectivity index (χ0v) is 9.71. The fourth-order valence-electron chi connectivity index (χ4n) is 2.03. The van der Waals surface area contributed by atoms with Gasteiger partial charge in [0, 0.05) is 6.54 Å². The first kappa shape index (κ1) is 12.0. The molecule has 1 saturated heterocycles. The van der Waals surface area contributed by atoms with Crippen molar-refractivity contribution in [1.82, 2.24) is 10.6 Å². The first-order chi connectivity index (χ1) is 8.25. The number of piperidine rings is 1. The van der Waals surface area contributed by atoms with Crippen LogP contribution in [-0.4, -0.2) is 18.5 Å². The van der Waals surface area contributed by atoms with Crippen LogP contribution in [0.15, 0.2) is 24.3 Å². The van der Waals surface area contributed by atoms with Crippen molar-refractivity contribution in [3.8, 4) is 0 Å². The van der Waals surface area contributed by atoms with Crippen molar-refractivity contribution >= 4 is 5.91 Å². The minimum Gasteiger partial charge on any atom is -0.351 e. The SMILES string of the molecule is O=C(NCc1cccc(F)c1)[C@H]1CCCCN1. The predicted octanol–water partition coefficient (Wildman–Crippen LogP) is 1.58. The van der Waals surface area contributed by atoms with Gasteiger partial charge in [0.25, 0.3) is 0 Å². The van der Waals surface area contributed by atoms with Crippen molar-refractivity contribution in [1.29, 1.82) is 0 Å². The molecule has 17 heavy (non-hydrogen) atoms. The van der Waals surface area contributed by atoms with E-state index in [0.717, 1.165) is 31.4 Å². The van der Waals surface area contributed by atoms with E-state index in [1.807, 2.05) is 0 Å². The fraction of sp³-hybridized carbons (Fsp3) is 0.462. The third-order valence-corrected chi connectivity index (χ3v) is 2.98. The molecule has 2 N–H and O–H groups in total. The van der Waals surface area contributed by atoms with E-state index in [9.17, 15) is 9.18 Å². The lowest BCUT2D eigenvalue weighted by Crippen LogP contribution is -2.46. The van der Waals surface area contributed by atoms with Crippen LogP contribution >= 0.6 is 0 Å². The Morgan fingerprint density at radius 2 is 2.35 bits per heavy atom. The van der Waals surface area contributed by atoms with Gasteiger partial charge in [-0.05, 0) is 37.1 Å². The Hall–Kier alpha value is -1.42. The summed E-state index contributed by atoms with van der Waals surface area (Å²) in [4.78, 5) is 11.8. The van der Waals surface area contributed by atoms with Crippen molar-refractivity contribution in [3.05, 3.63) is 35.6 Å². The van der Waals surface area contributed by atoms with E-state index in [1.54, 1.807) is 12.1 Å². The Morgan fingerprint density at radius 3 is 3.06 bits per heavy atom. The minimum atomic E-state index is -0.271. The van der Waals surface area contributed by atoms with Crippen molar-refractivity contribution in [2.45, 2.75) is 31.8 Å². The van der Waals surface area contributed by atoms with Gasteiger partial charge in [-0.25, -0.2) is 4.39 Å². The molecule has 1 heterocycles. The number of rotatable bonds is 3. The summed E-state index contributed by atoms with van der Waals surface area (Å²) >= 11 is 0. The van der Waals surface area contributed by atoms with Crippen molar-refractivity contribution in [2.75, 3.05) is 6.54 Å². The zero-order chi connectivity index (χ0) is 12.1. The van der Waals surface area contributed by atoms with E-state index in [-0.39, 0.29) is 17.8 Å². The summed E-state index contributed by atoms with van der Waals surface area (Å²) in [6.45, 7) is 1.28. The number of halogens is 1. The maximum atomic E-state index is 12.9. The van der Waals surface area contributed by atoms with Crippen LogP contribution in [-0.2, 0) is 11.3 Å². The third-order valence-electron chi connectivity index (χ3n) is 2.98. The van der Waals surface area contributed by atoms with Gasteiger partial charge in [-0.1, -0.05) is 18.6 Å². The van der Waals surface area contributed by atoms with Gasteiger partial charge in [-0.3, -0.25) is 4.79 Å². The largest absolute Gasteiger partial charge is 0.351 e. The van der Waals surface area contributed by atoms with Gasteiger partial charge in [-0.2, -0.15) is 0 Å². The van der Waals surface area contributed by atoms with Crippen LogP contribution in [0, 0.1) is 5.82 Å². The van der Waals surface area contributed by atoms with Crippen LogP contribution in [0.3, 0.4) is 0 Å². The smallest absolute Gasteiger partial charge is 0.237 e. The molecule has 1 atom stereocenters. The molecule has 1 aliphatic heterocycles. The molecule has 0 aliphatic carbocycles. The number of nitrogens with one attached hydrogen (secondary N) is 2. The molecule has 1 aliphatic rings. The molecule has 0 unspecified atom stereocenters. The van der Waals surface area contributed by atoms with Crippen LogP contribution in [0.1, 0.15) is 24.8 Å². The van der Waals surface area contributed by atoms with Crippen LogP contribution in [0.5, 0.6) is 0 Å². The fourth-order valence-corrected chi connectivity index (χ4v) is 2.03. The van der Waals surface area contributed by atoms with Crippen LogP contribution in [0.25, 0.3) is 0 Å². The predicted molar refractivity (Wildman–Crippen MR) is 63.9 cm³/mol. The highest BCUT2D eigenvalue weighted by Crippen LogP contribution is 2.07. The maximum Gasteiger partial charge on any atom is 0.237 e. The number of hydrogen-bond acceptors (Lipinski definition) is 2. The quantitative estimate of drug-likeness (QED) is 0.836. The topological polar surface area (TPSA) is 41.1 Å². The zero-order valence-electron chi connectivity index (χ0n) is 9.71. The molecule has 3 nitrogen and oxygen atoms in total. The van der Waals surface area contributed by atoms with Crippen molar-refractivity contribution in [2.24, 2.45) is 0 Å². The molecule has 1 aromatic carbocycles. The molecule has 1 aromatic rings. The lowest BCUT2D eigenvalue weighted by Gasteiger charge is -2.22. The van der Waals surface area contributed by atoms with Gasteiger partial charge in [0.2, 0.25) is 5.91 Å². The van der Waals surface area contributed by atoms with Crippen LogP contribution < -0.4 is 10.6 Å². The maximum absolute atomic E-state index is 12.9. The molecule has 0 saturated carbocycles. The number of carbonyl (C=O) groups is 1. The molecule has 0 spiro atoms. The third kappa shape index (κ3) is 3.53. The van der Waals surface area contributed by atoms with Crippen molar-refractivity contribution in [3.63, 3.8) is 0 Å². The average molecular weight is 236 g/mol. The lowest BCUT2D eigenvalue weighted by molar-refractivity contribution is -0.123. The monoisotopic (exact) mass is 236 g/mol. The highest BCUT2D eigenvalue weighted by Gasteiger charge is 2.19. The summed E-state index contributed by atoms with van der Waals surface area (Å²) in [5.41, 5.74) is 0.786. The van der Waals surface area contributed by atoms with Crippen LogP contribution in [0.2, 0.25) is 0 Å². The Labute approximate surface area is 100 Å². The normalized spacial score (nSPS) is 19.9. The van der Waals surface area contributed by atoms with E-state index in [0.29, 0.717) is 6.54 Å².